The van der Waals surface area contributed by atoms with Crippen LogP contribution in [0.1, 0.15) is 60.9 Å². The van der Waals surface area contributed by atoms with E-state index in [0.29, 0.717) is 34.4 Å². The summed E-state index contributed by atoms with van der Waals surface area (Å²) < 4.78 is 0. The summed E-state index contributed by atoms with van der Waals surface area (Å²) in [7, 11) is 0. The van der Waals surface area contributed by atoms with Crippen molar-refractivity contribution >= 4 is 23.8 Å². The first kappa shape index (κ1) is 19.8. The predicted octanol–water partition coefficient (Wildman–Crippen LogP) is 5.93. The Balaban J connectivity index is 1.25. The van der Waals surface area contributed by atoms with Gasteiger partial charge < -0.3 is 4.90 Å². The highest BCUT2D eigenvalue weighted by Crippen LogP contribution is 2.56. The van der Waals surface area contributed by atoms with Crippen LogP contribution in [0.2, 0.25) is 5.02 Å². The quantitative estimate of drug-likeness (QED) is 0.561. The van der Waals surface area contributed by atoms with Crippen LogP contribution < -0.4 is 0 Å². The maximum absolute atomic E-state index is 13.1. The van der Waals surface area contributed by atoms with Gasteiger partial charge >= 0.3 is 0 Å². The van der Waals surface area contributed by atoms with Crippen molar-refractivity contribution in [3.05, 3.63) is 58.6 Å². The van der Waals surface area contributed by atoms with Crippen LogP contribution in [0.5, 0.6) is 0 Å². The molecule has 30 heavy (non-hydrogen) atoms. The molecule has 4 heteroatoms. The largest absolute Gasteiger partial charge is 0.339 e. The minimum absolute atomic E-state index is 0.0450. The molecule has 5 rings (SSSR count). The smallest absolute Gasteiger partial charge is 0.226 e. The maximum atomic E-state index is 13.1. The molecule has 1 amide bonds. The number of benzene rings is 2. The number of carbonyl (C=O) groups excluding carboxylic acids is 2. The third-order valence-electron chi connectivity index (χ3n) is 7.64. The van der Waals surface area contributed by atoms with Gasteiger partial charge in [-0.3, -0.25) is 9.59 Å². The van der Waals surface area contributed by atoms with Crippen molar-refractivity contribution in [3.63, 3.8) is 0 Å². The minimum Gasteiger partial charge on any atom is -0.339 e. The molecule has 156 valence electrons. The van der Waals surface area contributed by atoms with E-state index in [1.54, 1.807) is 6.07 Å². The Kier molecular flexibility index (Phi) is 5.18. The van der Waals surface area contributed by atoms with E-state index in [1.165, 1.54) is 38.5 Å². The summed E-state index contributed by atoms with van der Waals surface area (Å²) in [6.07, 6.45) is 10.3. The van der Waals surface area contributed by atoms with Crippen LogP contribution in [0.25, 0.3) is 11.1 Å². The number of rotatable bonds is 5. The predicted molar refractivity (Wildman–Crippen MR) is 120 cm³/mol. The van der Waals surface area contributed by atoms with Gasteiger partial charge in [0.1, 0.15) is 6.29 Å². The number of nitrogens with zero attached hydrogens (tertiary/aromatic N) is 1. The average Bonchev–Trinajstić information content (AvgIpc) is 3.44. The lowest BCUT2D eigenvalue weighted by Crippen LogP contribution is -2.40. The van der Waals surface area contributed by atoms with Crippen LogP contribution in [-0.4, -0.2) is 29.7 Å². The summed E-state index contributed by atoms with van der Waals surface area (Å²) >= 11 is 6.61. The van der Waals surface area contributed by atoms with Gasteiger partial charge in [0.05, 0.1) is 0 Å². The zero-order valence-corrected chi connectivity index (χ0v) is 18.0. The van der Waals surface area contributed by atoms with Gasteiger partial charge in [0.2, 0.25) is 5.91 Å². The van der Waals surface area contributed by atoms with Crippen molar-refractivity contribution in [3.8, 4) is 11.1 Å². The van der Waals surface area contributed by atoms with Crippen molar-refractivity contribution in [2.45, 2.75) is 57.4 Å². The highest BCUT2D eigenvalue weighted by molar-refractivity contribution is 6.31. The fourth-order valence-corrected chi connectivity index (χ4v) is 5.73. The van der Waals surface area contributed by atoms with Crippen LogP contribution in [0.4, 0.5) is 0 Å². The molecule has 2 aromatic rings. The Morgan fingerprint density at radius 3 is 2.47 bits per heavy atom. The van der Waals surface area contributed by atoms with Crippen LogP contribution in [0, 0.1) is 11.3 Å². The Morgan fingerprint density at radius 1 is 1.00 bits per heavy atom. The molecule has 3 aliphatic rings. The fraction of sp³-hybridized carbons (Fsp3) is 0.462. The van der Waals surface area contributed by atoms with Gasteiger partial charge in [-0.1, -0.05) is 41.9 Å². The van der Waals surface area contributed by atoms with E-state index < -0.39 is 0 Å². The van der Waals surface area contributed by atoms with E-state index in [1.807, 2.05) is 36.4 Å². The topological polar surface area (TPSA) is 37.4 Å². The van der Waals surface area contributed by atoms with Gasteiger partial charge in [0.15, 0.2) is 0 Å². The molecular weight excluding hydrogens is 394 g/mol. The van der Waals surface area contributed by atoms with Gasteiger partial charge in [0.25, 0.3) is 0 Å². The lowest BCUT2D eigenvalue weighted by Gasteiger charge is -2.35. The first-order chi connectivity index (χ1) is 14.6. The second-order valence-electron chi connectivity index (χ2n) is 9.50. The van der Waals surface area contributed by atoms with Crippen LogP contribution in [0.3, 0.4) is 0 Å². The molecule has 3 nitrogen and oxygen atoms in total. The van der Waals surface area contributed by atoms with Crippen LogP contribution >= 0.6 is 11.6 Å². The average molecular weight is 422 g/mol. The molecule has 2 aromatic carbocycles. The molecule has 1 heterocycles. The van der Waals surface area contributed by atoms with Crippen LogP contribution in [-0.2, 0) is 11.2 Å². The Hall–Kier alpha value is -2.13. The highest BCUT2D eigenvalue weighted by Gasteiger charge is 2.47. The van der Waals surface area contributed by atoms with E-state index in [0.717, 1.165) is 35.9 Å². The van der Waals surface area contributed by atoms with Crippen molar-refractivity contribution in [2.75, 3.05) is 6.54 Å². The maximum Gasteiger partial charge on any atom is 0.226 e. The Morgan fingerprint density at radius 2 is 1.77 bits per heavy atom. The first-order valence-corrected chi connectivity index (χ1v) is 11.6. The summed E-state index contributed by atoms with van der Waals surface area (Å²) in [5.74, 6) is 0.370. The van der Waals surface area contributed by atoms with E-state index in [2.05, 4.69) is 4.90 Å². The third-order valence-corrected chi connectivity index (χ3v) is 7.99. The second-order valence-corrected chi connectivity index (χ2v) is 9.91. The highest BCUT2D eigenvalue weighted by atomic mass is 35.5. The van der Waals surface area contributed by atoms with Gasteiger partial charge in [-0.25, -0.2) is 0 Å². The van der Waals surface area contributed by atoms with Gasteiger partial charge in [-0.2, -0.15) is 0 Å². The lowest BCUT2D eigenvalue weighted by molar-refractivity contribution is -0.133. The molecule has 0 radical (unpaired) electrons. The van der Waals surface area contributed by atoms with E-state index in [-0.39, 0.29) is 5.92 Å². The normalized spacial score (nSPS) is 23.2. The van der Waals surface area contributed by atoms with Crippen molar-refractivity contribution < 1.29 is 9.59 Å². The summed E-state index contributed by atoms with van der Waals surface area (Å²) in [6, 6.07) is 14.0. The van der Waals surface area contributed by atoms with E-state index in [4.69, 9.17) is 11.6 Å². The Labute approximate surface area is 183 Å². The molecule has 3 fully saturated rings. The standard InChI is InChI=1S/C26H28ClNO2/c27-24-16-20(19-3-1-2-18(14-19)17-29)4-5-21(24)15-22-8-13-28(25(22)30)23-6-9-26(10-7-23)11-12-26/h1-5,14,16-17,22-23H,6-13,15H2. The molecular formula is C26H28ClNO2. The molecule has 1 aliphatic heterocycles. The molecule has 0 aromatic heterocycles. The number of aldehydes is 1. The Bertz CT molecular complexity index is 971. The molecule has 1 spiro atoms. The molecule has 2 aliphatic carbocycles. The monoisotopic (exact) mass is 421 g/mol. The minimum atomic E-state index is 0.0450. The number of hydrogen-bond acceptors (Lipinski definition) is 2. The van der Waals surface area contributed by atoms with Crippen LogP contribution in [0.15, 0.2) is 42.5 Å². The summed E-state index contributed by atoms with van der Waals surface area (Å²) in [6.45, 7) is 0.898. The van der Waals surface area contributed by atoms with Crippen molar-refractivity contribution in [1.29, 1.82) is 0 Å². The number of hydrogen-bond donors (Lipinski definition) is 0. The number of likely N-dealkylation sites (tertiary alicyclic amines) is 1. The summed E-state index contributed by atoms with van der Waals surface area (Å²) in [4.78, 5) is 26.3. The number of amides is 1. The van der Waals surface area contributed by atoms with E-state index >= 15 is 0 Å². The summed E-state index contributed by atoms with van der Waals surface area (Å²) in [5, 5.41) is 0.698. The molecule has 1 saturated heterocycles. The molecule has 2 saturated carbocycles. The number of halogens is 1. The zero-order valence-electron chi connectivity index (χ0n) is 17.3. The molecule has 0 bridgehead atoms. The zero-order chi connectivity index (χ0) is 20.7. The fourth-order valence-electron chi connectivity index (χ4n) is 5.47. The van der Waals surface area contributed by atoms with Gasteiger partial charge in [-0.15, -0.1) is 0 Å². The van der Waals surface area contributed by atoms with Crippen molar-refractivity contribution in [2.24, 2.45) is 11.3 Å². The summed E-state index contributed by atoms with van der Waals surface area (Å²) in [5.41, 5.74) is 4.32. The lowest BCUT2D eigenvalue weighted by atomic mass is 9.83. The van der Waals surface area contributed by atoms with Crippen molar-refractivity contribution in [1.82, 2.24) is 4.90 Å². The first-order valence-electron chi connectivity index (χ1n) is 11.2. The SMILES string of the molecule is O=Cc1cccc(-c2ccc(CC3CCN(C4CCC5(CC4)CC5)C3=O)c(Cl)c2)c1. The van der Waals surface area contributed by atoms with E-state index in [9.17, 15) is 9.59 Å². The second kappa shape index (κ2) is 7.85. The number of carbonyl (C=O) groups is 2. The van der Waals surface area contributed by atoms with Gasteiger partial charge in [0, 0.05) is 29.1 Å². The third kappa shape index (κ3) is 3.80. The molecule has 0 N–H and O–H groups in total. The molecule has 1 atom stereocenters. The van der Waals surface area contributed by atoms with Gasteiger partial charge in [-0.05, 0) is 85.6 Å². The molecule has 1 unspecified atom stereocenters.